The van der Waals surface area contributed by atoms with E-state index in [0.29, 0.717) is 0 Å². The Morgan fingerprint density at radius 2 is 0.545 bits per heavy atom. The van der Waals surface area contributed by atoms with Crippen molar-refractivity contribution in [2.75, 3.05) is 0 Å². The van der Waals surface area contributed by atoms with Gasteiger partial charge >= 0.3 is 17.1 Å². The fraction of sp³-hybridized carbons (Fsp3) is 0. The zero-order chi connectivity index (χ0) is 15.3. The summed E-state index contributed by atoms with van der Waals surface area (Å²) in [4.78, 5) is 2.72. The van der Waals surface area contributed by atoms with Gasteiger partial charge in [0.05, 0.1) is 0 Å². The molecule has 0 saturated heterocycles. The van der Waals surface area contributed by atoms with Crippen LogP contribution in [-0.4, -0.2) is 0 Å². The van der Waals surface area contributed by atoms with Crippen molar-refractivity contribution < 1.29 is 17.1 Å². The fourth-order valence-electron chi connectivity index (χ4n) is 1.26. The summed E-state index contributed by atoms with van der Waals surface area (Å²) in [6.07, 6.45) is 0. The smallest absolute Gasteiger partial charge is 0.780 e. The minimum Gasteiger partial charge on any atom is -0.780 e. The fourth-order valence-corrected chi connectivity index (χ4v) is 1.73. The van der Waals surface area contributed by atoms with Gasteiger partial charge in [0.1, 0.15) is 0 Å². The van der Waals surface area contributed by atoms with Crippen LogP contribution in [0.15, 0.2) is 106 Å². The van der Waals surface area contributed by atoms with Crippen molar-refractivity contribution in [3.63, 3.8) is 0 Å². The average molecular weight is 383 g/mol. The molecule has 0 aliphatic rings. The molecule has 0 nitrogen and oxygen atoms in total. The number of hydrogen-bond acceptors (Lipinski definition) is 3. The number of hydrogen-bond donors (Lipinski definition) is 0. The summed E-state index contributed by atoms with van der Waals surface area (Å²) in [5.41, 5.74) is 0. The van der Waals surface area contributed by atoms with E-state index in [9.17, 15) is 0 Å². The quantitative estimate of drug-likeness (QED) is 0.405. The Morgan fingerprint density at radius 1 is 0.364 bits per heavy atom. The van der Waals surface area contributed by atoms with Crippen LogP contribution in [0.25, 0.3) is 0 Å². The van der Waals surface area contributed by atoms with Gasteiger partial charge in [0, 0.05) is 0 Å². The second kappa shape index (κ2) is 13.5. The molecule has 0 bridgehead atoms. The van der Waals surface area contributed by atoms with Gasteiger partial charge in [-0.2, -0.15) is 14.7 Å². The Morgan fingerprint density at radius 3 is 0.636 bits per heavy atom. The van der Waals surface area contributed by atoms with E-state index in [4.69, 9.17) is 37.9 Å². The monoisotopic (exact) mass is 383 g/mol. The van der Waals surface area contributed by atoms with Crippen molar-refractivity contribution in [2.24, 2.45) is 0 Å². The molecular weight excluding hydrogens is 368 g/mol. The molecule has 0 fully saturated rings. The van der Waals surface area contributed by atoms with Crippen LogP contribution in [0.5, 0.6) is 0 Å². The largest absolute Gasteiger partial charge is 3.00 e. The summed E-state index contributed by atoms with van der Waals surface area (Å²) in [6.45, 7) is 0. The second-order valence-electron chi connectivity index (χ2n) is 3.94. The van der Waals surface area contributed by atoms with E-state index in [1.807, 2.05) is 91.0 Å². The Labute approximate surface area is 160 Å². The van der Waals surface area contributed by atoms with Crippen molar-refractivity contribution in [1.82, 2.24) is 0 Å². The van der Waals surface area contributed by atoms with Gasteiger partial charge in [0.2, 0.25) is 0 Å². The predicted octanol–water partition coefficient (Wildman–Crippen LogP) is 4.77. The first-order chi connectivity index (χ1) is 10.2. The minimum absolute atomic E-state index is 0. The molecule has 0 unspecified atom stereocenters. The van der Waals surface area contributed by atoms with Crippen LogP contribution in [0.2, 0.25) is 0 Å². The summed E-state index contributed by atoms with van der Waals surface area (Å²) in [6, 6.07) is 28.8. The number of rotatable bonds is 0. The first kappa shape index (κ1) is 20.8. The van der Waals surface area contributed by atoms with Gasteiger partial charge in [0.15, 0.2) is 0 Å². The van der Waals surface area contributed by atoms with E-state index in [-0.39, 0.29) is 17.1 Å². The maximum atomic E-state index is 4.81. The van der Waals surface area contributed by atoms with Gasteiger partial charge in [-0.3, -0.25) is 0 Å². The summed E-state index contributed by atoms with van der Waals surface area (Å²) in [5, 5.41) is 0. The summed E-state index contributed by atoms with van der Waals surface area (Å²) in [7, 11) is 0. The molecule has 0 aromatic heterocycles. The Hall–Kier alpha value is -1.16. The molecule has 3 aromatic carbocycles. The standard InChI is InChI=1S/3C6H6S.Fe/c3*7-6-4-2-1-3-5-6;/h3*1-5,7H;/q;;;+3/p-3. The first-order valence-electron chi connectivity index (χ1n) is 6.34. The van der Waals surface area contributed by atoms with Crippen LogP contribution < -0.4 is 0 Å². The Kier molecular flexibility index (Phi) is 12.8. The first-order valence-corrected chi connectivity index (χ1v) is 7.57. The van der Waals surface area contributed by atoms with Crippen LogP contribution >= 0.6 is 0 Å². The Bertz CT molecular complexity index is 497. The van der Waals surface area contributed by atoms with Gasteiger partial charge in [-0.25, -0.2) is 0 Å². The molecule has 0 amide bonds. The zero-order valence-electron chi connectivity index (χ0n) is 11.7. The minimum atomic E-state index is 0. The molecule has 4 heteroatoms. The normalized spacial score (nSPS) is 8.18. The molecule has 0 aliphatic heterocycles. The topological polar surface area (TPSA) is 0 Å². The molecule has 3 aromatic rings. The third-order valence-corrected chi connectivity index (χ3v) is 3.05. The SMILES string of the molecule is [Fe+3].[S-]c1ccccc1.[S-]c1ccccc1.[S-]c1ccccc1. The molecule has 0 spiro atoms. The van der Waals surface area contributed by atoms with Crippen molar-refractivity contribution in [3.05, 3.63) is 91.0 Å². The Balaban J connectivity index is 0.000000294. The summed E-state index contributed by atoms with van der Waals surface area (Å²) in [5.74, 6) is 0. The molecule has 1 radical (unpaired) electrons. The van der Waals surface area contributed by atoms with Crippen LogP contribution in [0, 0.1) is 0 Å². The van der Waals surface area contributed by atoms with Crippen molar-refractivity contribution >= 4 is 37.9 Å². The predicted molar refractivity (Wildman–Crippen MR) is 96.2 cm³/mol. The molecule has 0 N–H and O–H groups in total. The van der Waals surface area contributed by atoms with Crippen molar-refractivity contribution in [1.29, 1.82) is 0 Å². The molecule has 0 saturated carbocycles. The van der Waals surface area contributed by atoms with Crippen LogP contribution in [-0.2, 0) is 55.0 Å². The molecule has 0 aliphatic carbocycles. The van der Waals surface area contributed by atoms with Crippen LogP contribution in [0.1, 0.15) is 0 Å². The maximum Gasteiger partial charge on any atom is 3.00 e. The van der Waals surface area contributed by atoms with Gasteiger partial charge < -0.3 is 37.9 Å². The second-order valence-corrected chi connectivity index (χ2v) is 5.35. The van der Waals surface area contributed by atoms with E-state index >= 15 is 0 Å². The third kappa shape index (κ3) is 11.5. The molecular formula is C18H15FeS3. The van der Waals surface area contributed by atoms with E-state index in [0.717, 1.165) is 14.7 Å². The van der Waals surface area contributed by atoms with Crippen LogP contribution in [0.3, 0.4) is 0 Å². The van der Waals surface area contributed by atoms with E-state index in [2.05, 4.69) is 0 Å². The zero-order valence-corrected chi connectivity index (χ0v) is 15.3. The molecule has 3 rings (SSSR count). The van der Waals surface area contributed by atoms with Gasteiger partial charge in [-0.05, 0) is 0 Å². The summed E-state index contributed by atoms with van der Waals surface area (Å²) < 4.78 is 0. The molecule has 0 heterocycles. The third-order valence-electron chi connectivity index (χ3n) is 2.23. The van der Waals surface area contributed by atoms with E-state index < -0.39 is 0 Å². The maximum absolute atomic E-state index is 4.81. The van der Waals surface area contributed by atoms with E-state index in [1.165, 1.54) is 0 Å². The summed E-state index contributed by atoms with van der Waals surface area (Å²) >= 11 is 14.4. The molecule has 0 atom stereocenters. The average Bonchev–Trinajstić information content (AvgIpc) is 2.51. The van der Waals surface area contributed by atoms with Gasteiger partial charge in [-0.1, -0.05) is 91.0 Å². The van der Waals surface area contributed by atoms with Crippen LogP contribution in [0.4, 0.5) is 0 Å². The molecule has 113 valence electrons. The number of benzene rings is 3. The van der Waals surface area contributed by atoms with Gasteiger partial charge in [0.25, 0.3) is 0 Å². The van der Waals surface area contributed by atoms with Gasteiger partial charge in [-0.15, -0.1) is 0 Å². The van der Waals surface area contributed by atoms with Crippen molar-refractivity contribution in [2.45, 2.75) is 14.7 Å². The van der Waals surface area contributed by atoms with Crippen molar-refractivity contribution in [3.8, 4) is 0 Å². The molecule has 22 heavy (non-hydrogen) atoms. The van der Waals surface area contributed by atoms with E-state index in [1.54, 1.807) is 0 Å².